The second-order valence-corrected chi connectivity index (χ2v) is 9.51. The second-order valence-electron chi connectivity index (χ2n) is 9.51. The van der Waals surface area contributed by atoms with Crippen LogP contribution in [0.15, 0.2) is 66.9 Å². The van der Waals surface area contributed by atoms with E-state index >= 15 is 0 Å². The number of halogens is 6. The Hall–Kier alpha value is -5.92. The molecule has 20 heteroatoms. The van der Waals surface area contributed by atoms with E-state index in [1.165, 1.54) is 0 Å². The number of aliphatic carboxylic acids is 2. The molecule has 3 heterocycles. The van der Waals surface area contributed by atoms with E-state index in [0.29, 0.717) is 44.6 Å². The first-order chi connectivity index (χ1) is 23.0. The van der Waals surface area contributed by atoms with Gasteiger partial charge >= 0.3 is 24.3 Å². The van der Waals surface area contributed by atoms with Crippen LogP contribution in [0, 0.1) is 0 Å². The summed E-state index contributed by atoms with van der Waals surface area (Å²) < 4.78 is 82.5. The van der Waals surface area contributed by atoms with Crippen LogP contribution in [-0.2, 0) is 27.5 Å². The Morgan fingerprint density at radius 3 is 1.69 bits per heavy atom. The molecule has 5 aromatic rings. The van der Waals surface area contributed by atoms with Gasteiger partial charge in [0.2, 0.25) is 0 Å². The highest BCUT2D eigenvalue weighted by atomic mass is 19.4. The minimum Gasteiger partial charge on any atom is -0.491 e. The summed E-state index contributed by atoms with van der Waals surface area (Å²) in [6.45, 7) is 2.30. The zero-order valence-corrected chi connectivity index (χ0v) is 25.0. The summed E-state index contributed by atoms with van der Waals surface area (Å²) in [6, 6.07) is 18.7. The van der Waals surface area contributed by atoms with Crippen molar-refractivity contribution in [2.45, 2.75) is 25.5 Å². The zero-order valence-electron chi connectivity index (χ0n) is 25.0. The summed E-state index contributed by atoms with van der Waals surface area (Å²) in [5, 5.41) is 24.5. The summed E-state index contributed by atoms with van der Waals surface area (Å²) >= 11 is 0. The third-order valence-corrected chi connectivity index (χ3v) is 5.78. The molecule has 0 atom stereocenters. The van der Waals surface area contributed by atoms with Crippen molar-refractivity contribution in [3.05, 3.63) is 72.6 Å². The Bertz CT molecular complexity index is 1850. The van der Waals surface area contributed by atoms with Crippen LogP contribution in [0.3, 0.4) is 0 Å². The highest BCUT2D eigenvalue weighted by Crippen LogP contribution is 2.22. The first-order valence-corrected chi connectivity index (χ1v) is 13.7. The Morgan fingerprint density at radius 2 is 1.20 bits per heavy atom. The molecule has 0 aliphatic carbocycles. The first-order valence-electron chi connectivity index (χ1n) is 13.7. The maximum absolute atomic E-state index is 10.6. The van der Waals surface area contributed by atoms with E-state index in [1.807, 2.05) is 54.7 Å². The van der Waals surface area contributed by atoms with Crippen molar-refractivity contribution in [3.8, 4) is 11.5 Å². The van der Waals surface area contributed by atoms with Crippen molar-refractivity contribution < 1.29 is 60.4 Å². The molecule has 0 bridgehead atoms. The molecule has 6 N–H and O–H groups in total. The lowest BCUT2D eigenvalue weighted by atomic mass is 10.2. The van der Waals surface area contributed by atoms with Gasteiger partial charge in [0.1, 0.15) is 42.0 Å². The Kier molecular flexibility index (Phi) is 12.8. The molecule has 0 radical (unpaired) electrons. The number of ether oxygens (including phenoxy) is 3. The summed E-state index contributed by atoms with van der Waals surface area (Å²) in [4.78, 5) is 26.4. The molecule has 14 nitrogen and oxygen atoms in total. The van der Waals surface area contributed by atoms with Crippen molar-refractivity contribution in [3.63, 3.8) is 0 Å². The third kappa shape index (κ3) is 12.7. The molecule has 0 saturated heterocycles. The molecule has 3 aromatic heterocycles. The summed E-state index contributed by atoms with van der Waals surface area (Å²) in [5.74, 6) is -3.02. The number of aromatic nitrogens is 5. The van der Waals surface area contributed by atoms with Gasteiger partial charge in [-0.05, 0) is 60.7 Å². The smallest absolute Gasteiger partial charge is 0.490 e. The van der Waals surface area contributed by atoms with Gasteiger partial charge in [0, 0.05) is 10.8 Å². The van der Waals surface area contributed by atoms with E-state index in [4.69, 9.17) is 45.5 Å². The van der Waals surface area contributed by atoms with Crippen LogP contribution in [-0.4, -0.2) is 79.3 Å². The van der Waals surface area contributed by atoms with Gasteiger partial charge in [-0.1, -0.05) is 5.21 Å². The first kappa shape index (κ1) is 37.5. The average Bonchev–Trinajstić information content (AvgIpc) is 3.49. The lowest BCUT2D eigenvalue weighted by molar-refractivity contribution is -0.193. The number of nitrogen functional groups attached to an aromatic ring is 2. The average molecular weight is 700 g/mol. The SMILES string of the molecule is Nc1ccc2cc(OCCOCCn3cc(COc4ccc5nc(N)ccc5c4)nn3)ccc2n1.O=C(O)C(F)(F)F.O=C(O)C(F)(F)F. The van der Waals surface area contributed by atoms with Gasteiger partial charge in [0.15, 0.2) is 0 Å². The van der Waals surface area contributed by atoms with E-state index in [2.05, 4.69) is 20.3 Å². The van der Waals surface area contributed by atoms with Gasteiger partial charge in [0.05, 0.1) is 37.0 Å². The van der Waals surface area contributed by atoms with E-state index in [1.54, 1.807) is 16.8 Å². The number of carbonyl (C=O) groups is 2. The van der Waals surface area contributed by atoms with Gasteiger partial charge in [-0.15, -0.1) is 5.10 Å². The van der Waals surface area contributed by atoms with Gasteiger partial charge in [-0.3, -0.25) is 0 Å². The molecule has 0 amide bonds. The number of benzene rings is 2. The topological polar surface area (TPSA) is 211 Å². The number of carboxylic acids is 2. The Labute approximate surface area is 271 Å². The number of nitrogens with two attached hydrogens (primary N) is 2. The number of nitrogens with zero attached hydrogens (tertiary/aromatic N) is 5. The van der Waals surface area contributed by atoms with Crippen molar-refractivity contribution in [2.75, 3.05) is 31.3 Å². The van der Waals surface area contributed by atoms with Crippen LogP contribution in [0.1, 0.15) is 5.69 Å². The minimum absolute atomic E-state index is 0.316. The monoisotopic (exact) mass is 699 g/mol. The number of hydrogen-bond donors (Lipinski definition) is 4. The quantitative estimate of drug-likeness (QED) is 0.117. The van der Waals surface area contributed by atoms with Crippen molar-refractivity contribution in [2.24, 2.45) is 0 Å². The van der Waals surface area contributed by atoms with Gasteiger partial charge < -0.3 is 35.9 Å². The molecule has 0 aliphatic heterocycles. The maximum atomic E-state index is 10.6. The summed E-state index contributed by atoms with van der Waals surface area (Å²) in [6.07, 6.45) is -8.32. The van der Waals surface area contributed by atoms with Gasteiger partial charge in [-0.2, -0.15) is 26.3 Å². The second kappa shape index (κ2) is 16.8. The van der Waals surface area contributed by atoms with Crippen LogP contribution in [0.5, 0.6) is 11.5 Å². The van der Waals surface area contributed by atoms with Crippen LogP contribution in [0.2, 0.25) is 0 Å². The van der Waals surface area contributed by atoms with Crippen molar-refractivity contribution >= 4 is 45.4 Å². The number of alkyl halides is 6. The molecule has 0 spiro atoms. The number of carboxylic acid groups (broad SMARTS) is 2. The standard InChI is InChI=1S/C25H25N7O3.2C2HF3O2/c26-24-7-1-17-13-20(3-5-22(17)28-24)34-12-11-33-10-9-32-15-19(30-31-32)16-35-21-4-6-23-18(14-21)2-8-25(27)29-23;2*3-2(4,5)1(6)7/h1-8,13-15H,9-12,16H2,(H2,26,28)(H2,27,29);2*(H,6,7). The van der Waals surface area contributed by atoms with Crippen LogP contribution in [0.4, 0.5) is 38.0 Å². The zero-order chi connectivity index (χ0) is 36.2. The molecule has 0 saturated carbocycles. The third-order valence-electron chi connectivity index (χ3n) is 5.78. The van der Waals surface area contributed by atoms with E-state index < -0.39 is 24.3 Å². The van der Waals surface area contributed by atoms with Crippen molar-refractivity contribution in [1.29, 1.82) is 0 Å². The molecule has 0 unspecified atom stereocenters. The molecular weight excluding hydrogens is 672 g/mol. The molecule has 0 aliphatic rings. The minimum atomic E-state index is -5.08. The maximum Gasteiger partial charge on any atom is 0.490 e. The van der Waals surface area contributed by atoms with Crippen LogP contribution < -0.4 is 20.9 Å². The molecule has 262 valence electrons. The summed E-state index contributed by atoms with van der Waals surface area (Å²) in [7, 11) is 0. The molecule has 49 heavy (non-hydrogen) atoms. The number of rotatable bonds is 10. The van der Waals surface area contributed by atoms with Crippen LogP contribution in [0.25, 0.3) is 21.8 Å². The predicted molar refractivity (Wildman–Crippen MR) is 160 cm³/mol. The normalized spacial score (nSPS) is 11.2. The lowest BCUT2D eigenvalue weighted by Gasteiger charge is -2.08. The van der Waals surface area contributed by atoms with Crippen LogP contribution >= 0.6 is 0 Å². The molecule has 5 rings (SSSR count). The van der Waals surface area contributed by atoms with E-state index in [9.17, 15) is 26.3 Å². The van der Waals surface area contributed by atoms with E-state index in [-0.39, 0.29) is 0 Å². The highest BCUT2D eigenvalue weighted by Gasteiger charge is 2.38. The fourth-order valence-electron chi connectivity index (χ4n) is 3.57. The number of pyridine rings is 2. The number of fused-ring (bicyclic) bond motifs is 2. The molecular formula is C29H27F6N7O7. The Balaban J connectivity index is 0.000000392. The summed E-state index contributed by atoms with van der Waals surface area (Å²) in [5.41, 5.74) is 13.8. The molecule has 0 fully saturated rings. The predicted octanol–water partition coefficient (Wildman–Crippen LogP) is 4.48. The number of anilines is 2. The lowest BCUT2D eigenvalue weighted by Crippen LogP contribution is -2.21. The Morgan fingerprint density at radius 1 is 0.714 bits per heavy atom. The van der Waals surface area contributed by atoms with Gasteiger partial charge in [0.25, 0.3) is 0 Å². The fourth-order valence-corrected chi connectivity index (χ4v) is 3.57. The molecule has 2 aromatic carbocycles. The fraction of sp³-hybridized carbons (Fsp3) is 0.241. The van der Waals surface area contributed by atoms with Gasteiger partial charge in [-0.25, -0.2) is 24.2 Å². The van der Waals surface area contributed by atoms with E-state index in [0.717, 1.165) is 39.0 Å². The highest BCUT2D eigenvalue weighted by molar-refractivity contribution is 5.82. The largest absolute Gasteiger partial charge is 0.491 e. The number of hydrogen-bond acceptors (Lipinski definition) is 11. The van der Waals surface area contributed by atoms with Crippen molar-refractivity contribution in [1.82, 2.24) is 25.0 Å².